The molecule has 3 aromatic heterocycles. The van der Waals surface area contributed by atoms with E-state index in [2.05, 4.69) is 0 Å². The van der Waals surface area contributed by atoms with Crippen LogP contribution in [0.15, 0.2) is 64.6 Å². The molecule has 3 rings (SSSR count). The van der Waals surface area contributed by atoms with E-state index in [0.29, 0.717) is 36.5 Å². The summed E-state index contributed by atoms with van der Waals surface area (Å²) in [5.74, 6) is 0.696. The van der Waals surface area contributed by atoms with Crippen molar-refractivity contribution in [3.8, 4) is 17.2 Å². The fourth-order valence-electron chi connectivity index (χ4n) is 2.80. The van der Waals surface area contributed by atoms with Crippen LogP contribution in [0.25, 0.3) is 0 Å². The molecule has 0 saturated carbocycles. The summed E-state index contributed by atoms with van der Waals surface area (Å²) in [6.45, 7) is 5.37. The Kier molecular flexibility index (Phi) is 7.67. The molecule has 0 atom stereocenters. The van der Waals surface area contributed by atoms with E-state index < -0.39 is 39.0 Å². The normalized spacial score (nSPS) is 10.5. The van der Waals surface area contributed by atoms with Gasteiger partial charge in [-0.1, -0.05) is 0 Å². The number of hydrogen-bond donors (Lipinski definition) is 0. The quantitative estimate of drug-likeness (QED) is 0.410. The van der Waals surface area contributed by atoms with E-state index in [-0.39, 0.29) is 17.2 Å². The van der Waals surface area contributed by atoms with Crippen molar-refractivity contribution in [2.75, 3.05) is 0 Å². The Balaban J connectivity index is 2.06. The van der Waals surface area contributed by atoms with Gasteiger partial charge in [-0.25, -0.2) is 0 Å². The van der Waals surface area contributed by atoms with E-state index in [1.807, 2.05) is 0 Å². The van der Waals surface area contributed by atoms with Crippen LogP contribution >= 0.6 is 0 Å². The van der Waals surface area contributed by atoms with Gasteiger partial charge in [0.25, 0.3) is 0 Å². The minimum absolute atomic E-state index is 0.0671. The molecule has 162 valence electrons. The van der Waals surface area contributed by atoms with Gasteiger partial charge in [0.2, 0.25) is 0 Å². The van der Waals surface area contributed by atoms with Crippen molar-refractivity contribution in [2.45, 2.75) is 40.0 Å². The fraction of sp³-hybridized carbons (Fsp3) is 0.286. The standard InChI is InChI=1S/3C7H8O3.In/c3*1-2-6-7(9)5(8)3-4-10-6;/h3*3-4,9H,2H2,1H3;/q;;;+3/p-3. The molecule has 0 aliphatic rings. The first-order chi connectivity index (χ1) is 15.0. The molecule has 0 bridgehead atoms. The van der Waals surface area contributed by atoms with Crippen LogP contribution in [0.3, 0.4) is 0 Å². The van der Waals surface area contributed by atoms with Crippen molar-refractivity contribution >= 4 is 22.7 Å². The van der Waals surface area contributed by atoms with Crippen molar-refractivity contribution in [3.05, 3.63) is 84.9 Å². The molecule has 9 nitrogen and oxygen atoms in total. The van der Waals surface area contributed by atoms with Crippen molar-refractivity contribution < 1.29 is 21.8 Å². The number of hydrogen-bond acceptors (Lipinski definition) is 9. The molecule has 0 N–H and O–H groups in total. The third-order valence-corrected chi connectivity index (χ3v) is 7.99. The molecule has 0 spiro atoms. The fourth-order valence-corrected chi connectivity index (χ4v) is 6.98. The first-order valence-electron chi connectivity index (χ1n) is 9.80. The summed E-state index contributed by atoms with van der Waals surface area (Å²) in [4.78, 5) is 37.2. The van der Waals surface area contributed by atoms with Crippen LogP contribution in [0, 0.1) is 0 Å². The molecule has 3 aromatic rings. The van der Waals surface area contributed by atoms with Gasteiger partial charge >= 0.3 is 187 Å². The summed E-state index contributed by atoms with van der Waals surface area (Å²) in [6, 6.07) is 3.63. The van der Waals surface area contributed by atoms with E-state index in [9.17, 15) is 14.4 Å². The van der Waals surface area contributed by atoms with E-state index in [0.717, 1.165) is 0 Å². The van der Waals surface area contributed by atoms with Crippen LogP contribution in [0.4, 0.5) is 0 Å². The van der Waals surface area contributed by atoms with Gasteiger partial charge in [-0.05, 0) is 0 Å². The number of rotatable bonds is 9. The van der Waals surface area contributed by atoms with Gasteiger partial charge in [0.15, 0.2) is 0 Å². The second-order valence-corrected chi connectivity index (χ2v) is 9.98. The molecule has 0 radical (unpaired) electrons. The van der Waals surface area contributed by atoms with Gasteiger partial charge in [-0.2, -0.15) is 0 Å². The van der Waals surface area contributed by atoms with Crippen LogP contribution < -0.4 is 24.8 Å². The van der Waals surface area contributed by atoms with Gasteiger partial charge in [0.1, 0.15) is 0 Å². The number of aryl methyl sites for hydroxylation is 3. The maximum absolute atomic E-state index is 12.4. The average molecular weight is 532 g/mol. The maximum atomic E-state index is 12.4. The molecule has 0 saturated heterocycles. The van der Waals surface area contributed by atoms with Crippen LogP contribution in [-0.4, -0.2) is 22.7 Å². The van der Waals surface area contributed by atoms with E-state index in [1.54, 1.807) is 20.8 Å². The summed E-state index contributed by atoms with van der Waals surface area (Å²) in [6.07, 6.45) is 4.94. The SMILES string of the molecule is CCc1occc(=O)c1[O][In]([O]c1c(CC)occc1=O)[O]c1c(CC)occc1=O. The second kappa shape index (κ2) is 10.4. The van der Waals surface area contributed by atoms with E-state index >= 15 is 0 Å². The predicted octanol–water partition coefficient (Wildman–Crippen LogP) is 2.76. The third kappa shape index (κ3) is 5.25. The summed E-state index contributed by atoms with van der Waals surface area (Å²) >= 11 is -4.29. The molecular formula is C21H21InO9. The average Bonchev–Trinajstić information content (AvgIpc) is 2.77. The van der Waals surface area contributed by atoms with Gasteiger partial charge in [0.05, 0.1) is 0 Å². The van der Waals surface area contributed by atoms with E-state index in [4.69, 9.17) is 21.8 Å². The van der Waals surface area contributed by atoms with Crippen molar-refractivity contribution in [1.82, 2.24) is 0 Å². The zero-order valence-corrected chi connectivity index (χ0v) is 20.6. The van der Waals surface area contributed by atoms with Crippen molar-refractivity contribution in [1.29, 1.82) is 0 Å². The van der Waals surface area contributed by atoms with Gasteiger partial charge in [0, 0.05) is 0 Å². The Morgan fingerprint density at radius 2 is 0.903 bits per heavy atom. The van der Waals surface area contributed by atoms with Crippen LogP contribution in [0.2, 0.25) is 0 Å². The molecule has 0 aliphatic carbocycles. The molecule has 0 amide bonds. The Morgan fingerprint density at radius 1 is 0.613 bits per heavy atom. The van der Waals surface area contributed by atoms with Gasteiger partial charge < -0.3 is 0 Å². The Bertz CT molecular complexity index is 1060. The van der Waals surface area contributed by atoms with E-state index in [1.165, 1.54) is 37.0 Å². The first kappa shape index (κ1) is 22.8. The summed E-state index contributed by atoms with van der Waals surface area (Å²) in [7, 11) is 0. The molecule has 0 unspecified atom stereocenters. The molecule has 31 heavy (non-hydrogen) atoms. The third-order valence-electron chi connectivity index (χ3n) is 4.33. The second-order valence-electron chi connectivity index (χ2n) is 6.31. The zero-order chi connectivity index (χ0) is 22.4. The van der Waals surface area contributed by atoms with Crippen LogP contribution in [-0.2, 0) is 19.3 Å². The Morgan fingerprint density at radius 3 is 1.16 bits per heavy atom. The molecule has 0 fully saturated rings. The first-order valence-corrected chi connectivity index (χ1v) is 13.8. The van der Waals surface area contributed by atoms with Crippen LogP contribution in [0.5, 0.6) is 17.2 Å². The summed E-state index contributed by atoms with van der Waals surface area (Å²) < 4.78 is 33.7. The molecule has 0 aliphatic heterocycles. The van der Waals surface area contributed by atoms with Crippen molar-refractivity contribution in [3.63, 3.8) is 0 Å². The Hall–Kier alpha value is -2.88. The molecule has 3 heterocycles. The topological polar surface area (TPSA) is 118 Å². The monoisotopic (exact) mass is 532 g/mol. The minimum atomic E-state index is -4.29. The van der Waals surface area contributed by atoms with Crippen molar-refractivity contribution in [2.24, 2.45) is 0 Å². The zero-order valence-electron chi connectivity index (χ0n) is 17.3. The molecule has 10 heteroatoms. The molecular weight excluding hydrogens is 511 g/mol. The molecule has 0 aromatic carbocycles. The van der Waals surface area contributed by atoms with Gasteiger partial charge in [-0.3, -0.25) is 0 Å². The summed E-state index contributed by atoms with van der Waals surface area (Å²) in [5.41, 5.74) is -1.28. The van der Waals surface area contributed by atoms with Gasteiger partial charge in [-0.15, -0.1) is 0 Å². The Labute approximate surface area is 186 Å². The summed E-state index contributed by atoms with van der Waals surface area (Å²) in [5, 5.41) is 0. The predicted molar refractivity (Wildman–Crippen MR) is 111 cm³/mol. The van der Waals surface area contributed by atoms with Crippen LogP contribution in [0.1, 0.15) is 38.1 Å².